The summed E-state index contributed by atoms with van der Waals surface area (Å²) in [5.74, 6) is -0.350. The fourth-order valence-electron chi connectivity index (χ4n) is 1.80. The molecule has 0 amide bonds. The second-order valence-corrected chi connectivity index (χ2v) is 3.78. The summed E-state index contributed by atoms with van der Waals surface area (Å²) >= 11 is 0. The van der Waals surface area contributed by atoms with Gasteiger partial charge in [0.1, 0.15) is 11.5 Å². The number of carbonyl (C=O) groups excluding carboxylic acids is 1. The lowest BCUT2D eigenvalue weighted by Crippen LogP contribution is -1.95. The summed E-state index contributed by atoms with van der Waals surface area (Å²) in [7, 11) is 0. The van der Waals surface area contributed by atoms with Crippen molar-refractivity contribution < 1.29 is 9.18 Å². The third kappa shape index (κ3) is 1.57. The van der Waals surface area contributed by atoms with Gasteiger partial charge in [0.05, 0.1) is 18.1 Å². The highest BCUT2D eigenvalue weighted by molar-refractivity contribution is 5.74. The second-order valence-electron chi connectivity index (χ2n) is 3.78. The van der Waals surface area contributed by atoms with Crippen molar-refractivity contribution >= 4 is 11.9 Å². The minimum atomic E-state index is -0.350. The summed E-state index contributed by atoms with van der Waals surface area (Å²) in [5.41, 5.74) is 1.81. The van der Waals surface area contributed by atoms with Crippen LogP contribution in [0.3, 0.4) is 0 Å². The Morgan fingerprint density at radius 1 is 1.17 bits per heavy atom. The van der Waals surface area contributed by atoms with Crippen molar-refractivity contribution in [1.82, 2.24) is 14.4 Å². The number of benzene rings is 1. The van der Waals surface area contributed by atoms with Gasteiger partial charge >= 0.3 is 0 Å². The molecule has 18 heavy (non-hydrogen) atoms. The van der Waals surface area contributed by atoms with Crippen molar-refractivity contribution in [2.45, 2.75) is 0 Å². The van der Waals surface area contributed by atoms with Crippen molar-refractivity contribution in [3.8, 4) is 11.3 Å². The highest BCUT2D eigenvalue weighted by Crippen LogP contribution is 2.20. The number of halogens is 1. The second kappa shape index (κ2) is 4.03. The summed E-state index contributed by atoms with van der Waals surface area (Å²) in [5, 5.41) is 0. The monoisotopic (exact) mass is 241 g/mol. The highest BCUT2D eigenvalue weighted by atomic mass is 19.1. The van der Waals surface area contributed by atoms with Gasteiger partial charge in [-0.2, -0.15) is 0 Å². The van der Waals surface area contributed by atoms with E-state index >= 15 is 0 Å². The Morgan fingerprint density at radius 2 is 2.00 bits per heavy atom. The van der Waals surface area contributed by atoms with Gasteiger partial charge in [0.25, 0.3) is 0 Å². The number of rotatable bonds is 2. The van der Waals surface area contributed by atoms with E-state index in [1.165, 1.54) is 18.5 Å². The lowest BCUT2D eigenvalue weighted by atomic mass is 10.1. The Kier molecular flexibility index (Phi) is 2.37. The van der Waals surface area contributed by atoms with Crippen LogP contribution in [0.2, 0.25) is 0 Å². The molecule has 2 aromatic heterocycles. The summed E-state index contributed by atoms with van der Waals surface area (Å²) < 4.78 is 15.2. The van der Waals surface area contributed by atoms with Crippen LogP contribution >= 0.6 is 0 Å². The molecule has 3 rings (SSSR count). The van der Waals surface area contributed by atoms with Crippen molar-refractivity contribution in [3.63, 3.8) is 0 Å². The Labute approximate surface area is 102 Å². The summed E-state index contributed by atoms with van der Waals surface area (Å²) in [4.78, 5) is 19.0. The fraction of sp³-hybridized carbons (Fsp3) is 0. The number of fused-ring (bicyclic) bond motifs is 1. The average molecular weight is 241 g/mol. The van der Waals surface area contributed by atoms with Gasteiger partial charge < -0.3 is 0 Å². The molecule has 3 aromatic rings. The lowest BCUT2D eigenvalue weighted by molar-refractivity contribution is 0.111. The predicted octanol–water partition coefficient (Wildman–Crippen LogP) is 2.35. The Morgan fingerprint density at radius 3 is 2.78 bits per heavy atom. The van der Waals surface area contributed by atoms with E-state index in [-0.39, 0.29) is 5.82 Å². The molecule has 0 aliphatic rings. The Bertz CT molecular complexity index is 736. The third-order valence-corrected chi connectivity index (χ3v) is 2.70. The molecular weight excluding hydrogens is 233 g/mol. The van der Waals surface area contributed by atoms with E-state index in [0.29, 0.717) is 28.9 Å². The van der Waals surface area contributed by atoms with E-state index in [4.69, 9.17) is 0 Å². The molecule has 2 heterocycles. The van der Waals surface area contributed by atoms with Crippen LogP contribution < -0.4 is 0 Å². The van der Waals surface area contributed by atoms with Crippen LogP contribution in [0.25, 0.3) is 16.9 Å². The van der Waals surface area contributed by atoms with E-state index in [1.807, 2.05) is 0 Å². The van der Waals surface area contributed by atoms with E-state index < -0.39 is 0 Å². The number of hydrogen-bond acceptors (Lipinski definition) is 3. The number of aldehydes is 1. The first-order chi connectivity index (χ1) is 8.79. The molecule has 0 fully saturated rings. The largest absolute Gasteiger partial charge is 0.296 e. The third-order valence-electron chi connectivity index (χ3n) is 2.70. The zero-order valence-corrected chi connectivity index (χ0v) is 9.25. The molecule has 0 spiro atoms. The molecule has 88 valence electrons. The molecule has 4 nitrogen and oxygen atoms in total. The van der Waals surface area contributed by atoms with Gasteiger partial charge in [-0.25, -0.2) is 9.37 Å². The van der Waals surface area contributed by atoms with Crippen LogP contribution in [0.5, 0.6) is 0 Å². The SMILES string of the molecule is O=Cc1cnc2cnc(-c3ccccc3F)cn12. The van der Waals surface area contributed by atoms with Crippen LogP contribution in [0.15, 0.2) is 42.9 Å². The summed E-state index contributed by atoms with van der Waals surface area (Å²) in [6.45, 7) is 0. The van der Waals surface area contributed by atoms with Crippen LogP contribution in [-0.4, -0.2) is 20.7 Å². The first kappa shape index (κ1) is 10.6. The molecule has 0 bridgehead atoms. The van der Waals surface area contributed by atoms with Gasteiger partial charge in [-0.15, -0.1) is 0 Å². The van der Waals surface area contributed by atoms with Gasteiger partial charge in [-0.3, -0.25) is 14.2 Å². The molecule has 1 aromatic carbocycles. The van der Waals surface area contributed by atoms with Crippen LogP contribution in [0, 0.1) is 5.82 Å². The van der Waals surface area contributed by atoms with Gasteiger partial charge in [0.2, 0.25) is 0 Å². The Balaban J connectivity index is 2.24. The minimum absolute atomic E-state index is 0.350. The molecule has 0 unspecified atom stereocenters. The number of imidazole rings is 1. The Hall–Kier alpha value is -2.56. The first-order valence-corrected chi connectivity index (χ1v) is 5.33. The molecule has 0 N–H and O–H groups in total. The quantitative estimate of drug-likeness (QED) is 0.647. The number of nitrogens with zero attached hydrogens (tertiary/aromatic N) is 3. The first-order valence-electron chi connectivity index (χ1n) is 5.33. The molecule has 0 aliphatic carbocycles. The topological polar surface area (TPSA) is 47.3 Å². The van der Waals surface area contributed by atoms with Crippen molar-refractivity contribution in [1.29, 1.82) is 0 Å². The van der Waals surface area contributed by atoms with Crippen LogP contribution in [-0.2, 0) is 0 Å². The molecule has 0 aliphatic heterocycles. The maximum absolute atomic E-state index is 13.6. The van der Waals surface area contributed by atoms with Crippen molar-refractivity contribution in [2.24, 2.45) is 0 Å². The predicted molar refractivity (Wildman–Crippen MR) is 63.8 cm³/mol. The minimum Gasteiger partial charge on any atom is -0.296 e. The molecule has 5 heteroatoms. The van der Waals surface area contributed by atoms with E-state index in [0.717, 1.165) is 0 Å². The maximum atomic E-state index is 13.6. The molecular formula is C13H8FN3O. The summed E-state index contributed by atoms with van der Waals surface area (Å²) in [6, 6.07) is 6.36. The van der Waals surface area contributed by atoms with Gasteiger partial charge in [0, 0.05) is 11.8 Å². The zero-order valence-electron chi connectivity index (χ0n) is 9.25. The normalized spacial score (nSPS) is 10.7. The van der Waals surface area contributed by atoms with Crippen molar-refractivity contribution in [3.05, 3.63) is 54.4 Å². The number of aromatic nitrogens is 3. The molecule has 0 saturated carbocycles. The lowest BCUT2D eigenvalue weighted by Gasteiger charge is -2.03. The molecule has 0 atom stereocenters. The standard InChI is InChI=1S/C13H8FN3O/c14-11-4-2-1-3-10(11)12-7-17-9(8-18)5-16-13(17)6-15-12/h1-8H. The highest BCUT2D eigenvalue weighted by Gasteiger charge is 2.08. The maximum Gasteiger partial charge on any atom is 0.168 e. The zero-order chi connectivity index (χ0) is 12.5. The van der Waals surface area contributed by atoms with Gasteiger partial charge in [-0.05, 0) is 12.1 Å². The van der Waals surface area contributed by atoms with Gasteiger partial charge in [0.15, 0.2) is 11.9 Å². The van der Waals surface area contributed by atoms with Gasteiger partial charge in [-0.1, -0.05) is 12.1 Å². The number of carbonyl (C=O) groups is 1. The smallest absolute Gasteiger partial charge is 0.168 e. The average Bonchev–Trinajstić information content (AvgIpc) is 2.81. The van der Waals surface area contributed by atoms with E-state index in [1.54, 1.807) is 28.8 Å². The molecule has 0 radical (unpaired) electrons. The summed E-state index contributed by atoms with van der Waals surface area (Å²) in [6.07, 6.45) is 5.26. The van der Waals surface area contributed by atoms with Crippen LogP contribution in [0.4, 0.5) is 4.39 Å². The fourth-order valence-corrected chi connectivity index (χ4v) is 1.80. The van der Waals surface area contributed by atoms with E-state index in [9.17, 15) is 9.18 Å². The van der Waals surface area contributed by atoms with E-state index in [2.05, 4.69) is 9.97 Å². The number of hydrogen-bond donors (Lipinski definition) is 0. The molecule has 0 saturated heterocycles. The van der Waals surface area contributed by atoms with Crippen LogP contribution in [0.1, 0.15) is 10.5 Å². The van der Waals surface area contributed by atoms with Crippen molar-refractivity contribution in [2.75, 3.05) is 0 Å².